The molecule has 0 aliphatic carbocycles. The van der Waals surface area contributed by atoms with Crippen LogP contribution >= 0.6 is 0 Å². The molecule has 0 unspecified atom stereocenters. The third-order valence-electron chi connectivity index (χ3n) is 6.21. The number of carbonyl (C=O) groups excluding carboxylic acids is 2. The van der Waals surface area contributed by atoms with Crippen LogP contribution in [0.4, 0.5) is 5.69 Å². The van der Waals surface area contributed by atoms with Crippen molar-refractivity contribution in [1.82, 2.24) is 5.32 Å². The van der Waals surface area contributed by atoms with E-state index in [1.54, 1.807) is 11.0 Å². The highest BCUT2D eigenvalue weighted by atomic mass is 16.7. The summed E-state index contributed by atoms with van der Waals surface area (Å²) >= 11 is 0. The molecule has 190 valence electrons. The number of fused-ring (bicyclic) bond motifs is 1. The van der Waals surface area contributed by atoms with Gasteiger partial charge in [0.25, 0.3) is 5.91 Å². The number of hydrogen-bond donors (Lipinski definition) is 1. The van der Waals surface area contributed by atoms with Crippen molar-refractivity contribution in [2.45, 2.75) is 19.5 Å². The average molecular weight is 505 g/mol. The molecule has 4 aromatic rings. The van der Waals surface area contributed by atoms with Gasteiger partial charge in [-0.15, -0.1) is 0 Å². The van der Waals surface area contributed by atoms with Crippen molar-refractivity contribution in [2.75, 3.05) is 11.7 Å². The molecule has 0 aromatic heterocycles. The number of rotatable bonds is 9. The monoisotopic (exact) mass is 504 g/mol. The first-order chi connectivity index (χ1) is 18.6. The summed E-state index contributed by atoms with van der Waals surface area (Å²) < 4.78 is 10.7. The Morgan fingerprint density at radius 3 is 2.21 bits per heavy atom. The molecule has 1 heterocycles. The van der Waals surface area contributed by atoms with Gasteiger partial charge in [-0.3, -0.25) is 9.59 Å². The number of hydrogen-bond acceptors (Lipinski definition) is 4. The lowest BCUT2D eigenvalue weighted by Crippen LogP contribution is -2.28. The average Bonchev–Trinajstić information content (AvgIpc) is 3.43. The van der Waals surface area contributed by atoms with E-state index in [0.29, 0.717) is 18.8 Å². The van der Waals surface area contributed by atoms with Crippen molar-refractivity contribution in [2.24, 2.45) is 0 Å². The van der Waals surface area contributed by atoms with Crippen LogP contribution in [-0.2, 0) is 29.1 Å². The summed E-state index contributed by atoms with van der Waals surface area (Å²) in [5, 5.41) is 2.95. The highest BCUT2D eigenvalue weighted by Gasteiger charge is 2.16. The largest absolute Gasteiger partial charge is 0.454 e. The van der Waals surface area contributed by atoms with E-state index in [4.69, 9.17) is 9.47 Å². The molecule has 0 saturated carbocycles. The standard InChI is InChI=1S/C32H28N2O4/c35-31(33-21-27-13-17-29-30(19-27)38-23-37-29)20-25-11-15-28(16-12-25)34(22-26-9-5-2-6-10-26)32(36)18-14-24-7-3-1-4-8-24/h1-19H,20-23H2,(H,33,35)/b18-14+. The van der Waals surface area contributed by atoms with Crippen LogP contribution in [0.15, 0.2) is 109 Å². The molecule has 0 fully saturated rings. The summed E-state index contributed by atoms with van der Waals surface area (Å²) in [6, 6.07) is 32.8. The topological polar surface area (TPSA) is 67.9 Å². The van der Waals surface area contributed by atoms with E-state index in [1.165, 1.54) is 0 Å². The maximum Gasteiger partial charge on any atom is 0.251 e. The van der Waals surface area contributed by atoms with Gasteiger partial charge in [0.05, 0.1) is 13.0 Å². The van der Waals surface area contributed by atoms with E-state index in [-0.39, 0.29) is 25.0 Å². The maximum absolute atomic E-state index is 13.2. The molecule has 0 radical (unpaired) electrons. The number of nitrogens with zero attached hydrogens (tertiary/aromatic N) is 1. The predicted molar refractivity (Wildman–Crippen MR) is 148 cm³/mol. The summed E-state index contributed by atoms with van der Waals surface area (Å²) in [6.45, 7) is 1.06. The first kappa shape index (κ1) is 24.8. The van der Waals surface area contributed by atoms with Crippen LogP contribution in [0.25, 0.3) is 6.08 Å². The fraction of sp³-hybridized carbons (Fsp3) is 0.125. The minimum absolute atomic E-state index is 0.0848. The Labute approximate surface area is 222 Å². The van der Waals surface area contributed by atoms with Gasteiger partial charge in [0.1, 0.15) is 0 Å². The molecule has 0 spiro atoms. The fourth-order valence-electron chi connectivity index (χ4n) is 4.18. The molecular weight excluding hydrogens is 476 g/mol. The highest BCUT2D eigenvalue weighted by Crippen LogP contribution is 2.32. The lowest BCUT2D eigenvalue weighted by atomic mass is 10.1. The Morgan fingerprint density at radius 1 is 0.763 bits per heavy atom. The minimum atomic E-state index is -0.119. The molecule has 0 atom stereocenters. The van der Waals surface area contributed by atoms with Crippen LogP contribution in [0.1, 0.15) is 22.3 Å². The van der Waals surface area contributed by atoms with Gasteiger partial charge in [-0.25, -0.2) is 0 Å². The predicted octanol–water partition coefficient (Wildman–Crippen LogP) is 5.52. The summed E-state index contributed by atoms with van der Waals surface area (Å²) in [5.41, 5.74) is 4.56. The highest BCUT2D eigenvalue weighted by molar-refractivity contribution is 6.03. The van der Waals surface area contributed by atoms with Crippen LogP contribution in [0.3, 0.4) is 0 Å². The number of amides is 2. The van der Waals surface area contributed by atoms with Crippen molar-refractivity contribution in [3.63, 3.8) is 0 Å². The van der Waals surface area contributed by atoms with Crippen LogP contribution in [0.2, 0.25) is 0 Å². The van der Waals surface area contributed by atoms with E-state index in [9.17, 15) is 9.59 Å². The molecule has 0 saturated heterocycles. The lowest BCUT2D eigenvalue weighted by Gasteiger charge is -2.22. The molecule has 6 heteroatoms. The summed E-state index contributed by atoms with van der Waals surface area (Å²) in [5.74, 6) is 1.21. The molecule has 1 aliphatic rings. The van der Waals surface area contributed by atoms with Gasteiger partial charge < -0.3 is 19.7 Å². The van der Waals surface area contributed by atoms with Gasteiger partial charge >= 0.3 is 0 Å². The van der Waals surface area contributed by atoms with E-state index in [2.05, 4.69) is 5.32 Å². The van der Waals surface area contributed by atoms with Gasteiger partial charge in [0, 0.05) is 18.3 Å². The summed E-state index contributed by atoms with van der Waals surface area (Å²) in [4.78, 5) is 27.5. The Kier molecular flexibility index (Phi) is 7.80. The normalized spacial score (nSPS) is 11.9. The molecule has 6 nitrogen and oxygen atoms in total. The Balaban J connectivity index is 1.24. The van der Waals surface area contributed by atoms with E-state index in [1.807, 2.05) is 109 Å². The van der Waals surface area contributed by atoms with Gasteiger partial charge in [-0.05, 0) is 52.6 Å². The van der Waals surface area contributed by atoms with Crippen LogP contribution in [0, 0.1) is 0 Å². The van der Waals surface area contributed by atoms with Gasteiger partial charge in [0.2, 0.25) is 12.7 Å². The zero-order chi connectivity index (χ0) is 26.2. The van der Waals surface area contributed by atoms with E-state index >= 15 is 0 Å². The maximum atomic E-state index is 13.2. The van der Waals surface area contributed by atoms with Crippen LogP contribution in [0.5, 0.6) is 11.5 Å². The number of ether oxygens (including phenoxy) is 2. The Bertz CT molecular complexity index is 1420. The minimum Gasteiger partial charge on any atom is -0.454 e. The molecule has 5 rings (SSSR count). The van der Waals surface area contributed by atoms with Crippen LogP contribution in [-0.4, -0.2) is 18.6 Å². The van der Waals surface area contributed by atoms with Gasteiger partial charge in [-0.2, -0.15) is 0 Å². The molecule has 4 aromatic carbocycles. The van der Waals surface area contributed by atoms with Crippen molar-refractivity contribution in [3.05, 3.63) is 131 Å². The van der Waals surface area contributed by atoms with Gasteiger partial charge in [0.15, 0.2) is 11.5 Å². The number of benzene rings is 4. The molecular formula is C32H28N2O4. The zero-order valence-corrected chi connectivity index (χ0v) is 20.9. The van der Waals surface area contributed by atoms with Crippen molar-refractivity contribution in [3.8, 4) is 11.5 Å². The molecule has 1 N–H and O–H groups in total. The first-order valence-electron chi connectivity index (χ1n) is 12.5. The number of anilines is 1. The second-order valence-corrected chi connectivity index (χ2v) is 8.96. The zero-order valence-electron chi connectivity index (χ0n) is 20.9. The number of carbonyl (C=O) groups is 2. The fourth-order valence-corrected chi connectivity index (χ4v) is 4.18. The SMILES string of the molecule is O=C(Cc1ccc(N(Cc2ccccc2)C(=O)/C=C/c2ccccc2)cc1)NCc1ccc2c(c1)OCO2. The van der Waals surface area contributed by atoms with E-state index < -0.39 is 0 Å². The second kappa shape index (κ2) is 11.9. The molecule has 0 bridgehead atoms. The smallest absolute Gasteiger partial charge is 0.251 e. The molecule has 1 aliphatic heterocycles. The molecule has 38 heavy (non-hydrogen) atoms. The van der Waals surface area contributed by atoms with Crippen molar-refractivity contribution >= 4 is 23.6 Å². The number of nitrogens with one attached hydrogen (secondary N) is 1. The summed E-state index contributed by atoms with van der Waals surface area (Å²) in [6.07, 6.45) is 3.65. The third-order valence-corrected chi connectivity index (χ3v) is 6.21. The lowest BCUT2D eigenvalue weighted by molar-refractivity contribution is -0.120. The van der Waals surface area contributed by atoms with Crippen LogP contribution < -0.4 is 19.7 Å². The van der Waals surface area contributed by atoms with E-state index in [0.717, 1.165) is 33.7 Å². The first-order valence-corrected chi connectivity index (χ1v) is 12.5. The third kappa shape index (κ3) is 6.48. The van der Waals surface area contributed by atoms with Crippen molar-refractivity contribution in [1.29, 1.82) is 0 Å². The molecule has 2 amide bonds. The van der Waals surface area contributed by atoms with Gasteiger partial charge in [-0.1, -0.05) is 78.9 Å². The quantitative estimate of drug-likeness (QED) is 0.305. The Hall–Kier alpha value is -4.84. The summed E-state index contributed by atoms with van der Waals surface area (Å²) in [7, 11) is 0. The second-order valence-electron chi connectivity index (χ2n) is 8.96. The van der Waals surface area contributed by atoms with Crippen molar-refractivity contribution < 1.29 is 19.1 Å². The Morgan fingerprint density at radius 2 is 1.45 bits per heavy atom.